The van der Waals surface area contributed by atoms with Crippen molar-refractivity contribution in [2.45, 2.75) is 32.6 Å². The zero-order valence-electron chi connectivity index (χ0n) is 12.9. The first-order valence-electron chi connectivity index (χ1n) is 7.32. The van der Waals surface area contributed by atoms with Crippen molar-refractivity contribution in [3.63, 3.8) is 0 Å². The van der Waals surface area contributed by atoms with Crippen LogP contribution >= 0.6 is 0 Å². The summed E-state index contributed by atoms with van der Waals surface area (Å²) < 4.78 is 11.1. The van der Waals surface area contributed by atoms with Gasteiger partial charge in [-0.25, -0.2) is 0 Å². The van der Waals surface area contributed by atoms with Crippen LogP contribution in [0.5, 0.6) is 0 Å². The van der Waals surface area contributed by atoms with Gasteiger partial charge in [-0.05, 0) is 32.9 Å². The Bertz CT molecular complexity index is 461. The van der Waals surface area contributed by atoms with Crippen LogP contribution in [0.2, 0.25) is 0 Å². The van der Waals surface area contributed by atoms with Crippen LogP contribution in [-0.2, 0) is 9.47 Å². The van der Waals surface area contributed by atoms with Gasteiger partial charge in [0.05, 0.1) is 19.3 Å². The molecule has 0 unspecified atom stereocenters. The Balaban J connectivity index is 1.64. The average molecular weight is 292 g/mol. The quantitative estimate of drug-likeness (QED) is 0.807. The molecule has 2 N–H and O–H groups in total. The molecule has 0 atom stereocenters. The predicted octanol–water partition coefficient (Wildman–Crippen LogP) is 1.47. The van der Waals surface area contributed by atoms with E-state index in [-0.39, 0.29) is 11.9 Å². The Kier molecular flexibility index (Phi) is 5.33. The molecule has 1 heterocycles. The zero-order chi connectivity index (χ0) is 15.3. The Hall–Kier alpha value is -1.43. The van der Waals surface area contributed by atoms with Crippen molar-refractivity contribution in [3.05, 3.63) is 35.4 Å². The van der Waals surface area contributed by atoms with Gasteiger partial charge in [0, 0.05) is 18.7 Å². The summed E-state index contributed by atoms with van der Waals surface area (Å²) in [5, 5.41) is 6.20. The zero-order valence-corrected chi connectivity index (χ0v) is 12.9. The molecule has 1 aromatic carbocycles. The minimum Gasteiger partial charge on any atom is -0.351 e. The first-order chi connectivity index (χ1) is 9.96. The van der Waals surface area contributed by atoms with Crippen LogP contribution in [0.15, 0.2) is 24.3 Å². The summed E-state index contributed by atoms with van der Waals surface area (Å²) in [6, 6.07) is 7.72. The lowest BCUT2D eigenvalue weighted by atomic mass is 10.1. The summed E-state index contributed by atoms with van der Waals surface area (Å²) in [6.07, 6.45) is 0. The van der Waals surface area contributed by atoms with Crippen molar-refractivity contribution < 1.29 is 14.3 Å². The van der Waals surface area contributed by atoms with Crippen molar-refractivity contribution in [2.75, 3.05) is 26.3 Å². The summed E-state index contributed by atoms with van der Waals surface area (Å²) >= 11 is 0. The number of aryl methyl sites for hydroxylation is 1. The molecule has 1 fully saturated rings. The third-order valence-electron chi connectivity index (χ3n) is 3.42. The van der Waals surface area contributed by atoms with Gasteiger partial charge in [0.15, 0.2) is 5.79 Å². The van der Waals surface area contributed by atoms with Crippen LogP contribution in [-0.4, -0.2) is 44.0 Å². The van der Waals surface area contributed by atoms with Crippen LogP contribution in [0.25, 0.3) is 0 Å². The molecule has 1 aliphatic heterocycles. The minimum atomic E-state index is -0.488. The SMILES string of the molecule is Cc1ccc(C(=O)NCCNC2COC(C)(C)OC2)cc1. The molecule has 1 saturated heterocycles. The van der Waals surface area contributed by atoms with Crippen molar-refractivity contribution >= 4 is 5.91 Å². The summed E-state index contributed by atoms with van der Waals surface area (Å²) in [4.78, 5) is 11.9. The van der Waals surface area contributed by atoms with Gasteiger partial charge in [-0.15, -0.1) is 0 Å². The van der Waals surface area contributed by atoms with Crippen LogP contribution in [0.4, 0.5) is 0 Å². The first-order valence-corrected chi connectivity index (χ1v) is 7.32. The Morgan fingerprint density at radius 3 is 2.43 bits per heavy atom. The van der Waals surface area contributed by atoms with E-state index in [0.717, 1.165) is 5.56 Å². The number of benzene rings is 1. The maximum Gasteiger partial charge on any atom is 0.251 e. The van der Waals surface area contributed by atoms with Crippen LogP contribution in [0.3, 0.4) is 0 Å². The summed E-state index contributed by atoms with van der Waals surface area (Å²) in [7, 11) is 0. The van der Waals surface area contributed by atoms with Crippen LogP contribution < -0.4 is 10.6 Å². The van der Waals surface area contributed by atoms with Gasteiger partial charge < -0.3 is 20.1 Å². The monoisotopic (exact) mass is 292 g/mol. The normalized spacial score (nSPS) is 18.4. The molecule has 21 heavy (non-hydrogen) atoms. The molecule has 0 bridgehead atoms. The third kappa shape index (κ3) is 5.12. The summed E-state index contributed by atoms with van der Waals surface area (Å²) in [5.41, 5.74) is 1.83. The maximum atomic E-state index is 11.9. The smallest absolute Gasteiger partial charge is 0.251 e. The molecule has 5 heteroatoms. The maximum absolute atomic E-state index is 11.9. The second kappa shape index (κ2) is 7.02. The first kappa shape index (κ1) is 15.9. The molecule has 1 amide bonds. The van der Waals surface area contributed by atoms with Gasteiger partial charge in [-0.1, -0.05) is 17.7 Å². The highest BCUT2D eigenvalue weighted by Gasteiger charge is 2.27. The number of hydrogen-bond donors (Lipinski definition) is 2. The van der Waals surface area contributed by atoms with Gasteiger partial charge in [-0.2, -0.15) is 0 Å². The van der Waals surface area contributed by atoms with E-state index < -0.39 is 5.79 Å². The number of amides is 1. The number of carbonyl (C=O) groups excluding carboxylic acids is 1. The largest absolute Gasteiger partial charge is 0.351 e. The highest BCUT2D eigenvalue weighted by Crippen LogP contribution is 2.16. The second-order valence-corrected chi connectivity index (χ2v) is 5.79. The Morgan fingerprint density at radius 2 is 1.81 bits per heavy atom. The van der Waals surface area contributed by atoms with Gasteiger partial charge in [0.25, 0.3) is 5.91 Å². The molecule has 1 aliphatic rings. The lowest BCUT2D eigenvalue weighted by Gasteiger charge is -2.35. The molecule has 0 saturated carbocycles. The van der Waals surface area contributed by atoms with Gasteiger partial charge in [-0.3, -0.25) is 4.79 Å². The standard InChI is InChI=1S/C16H24N2O3/c1-12-4-6-13(7-5-12)15(19)18-9-8-17-14-10-20-16(2,3)21-11-14/h4-7,14,17H,8-11H2,1-3H3,(H,18,19). The fraction of sp³-hybridized carbons (Fsp3) is 0.562. The topological polar surface area (TPSA) is 59.6 Å². The Morgan fingerprint density at radius 1 is 1.19 bits per heavy atom. The number of carbonyl (C=O) groups is 1. The van der Waals surface area contributed by atoms with E-state index in [2.05, 4.69) is 10.6 Å². The molecule has 116 valence electrons. The van der Waals surface area contributed by atoms with E-state index in [1.54, 1.807) is 0 Å². The lowest BCUT2D eigenvalue weighted by Crippen LogP contribution is -2.49. The van der Waals surface area contributed by atoms with E-state index in [1.165, 1.54) is 0 Å². The molecular weight excluding hydrogens is 268 g/mol. The van der Waals surface area contributed by atoms with E-state index in [1.807, 2.05) is 45.0 Å². The number of hydrogen-bond acceptors (Lipinski definition) is 4. The minimum absolute atomic E-state index is 0.0472. The van der Waals surface area contributed by atoms with E-state index in [9.17, 15) is 4.79 Å². The van der Waals surface area contributed by atoms with Gasteiger partial charge in [0.1, 0.15) is 0 Å². The molecule has 0 aliphatic carbocycles. The highest BCUT2D eigenvalue weighted by molar-refractivity contribution is 5.94. The van der Waals surface area contributed by atoms with Crippen molar-refractivity contribution in [2.24, 2.45) is 0 Å². The summed E-state index contributed by atoms with van der Waals surface area (Å²) in [5.74, 6) is -0.535. The van der Waals surface area contributed by atoms with Crippen LogP contribution in [0, 0.1) is 6.92 Å². The van der Waals surface area contributed by atoms with E-state index >= 15 is 0 Å². The van der Waals surface area contributed by atoms with Crippen molar-refractivity contribution in [1.29, 1.82) is 0 Å². The fourth-order valence-corrected chi connectivity index (χ4v) is 2.07. The van der Waals surface area contributed by atoms with Gasteiger partial charge in [0.2, 0.25) is 0 Å². The molecule has 5 nitrogen and oxygen atoms in total. The number of rotatable bonds is 5. The third-order valence-corrected chi connectivity index (χ3v) is 3.42. The number of nitrogens with one attached hydrogen (secondary N) is 2. The number of ether oxygens (including phenoxy) is 2. The fourth-order valence-electron chi connectivity index (χ4n) is 2.07. The van der Waals surface area contributed by atoms with E-state index in [0.29, 0.717) is 31.9 Å². The molecule has 0 radical (unpaired) electrons. The van der Waals surface area contributed by atoms with Crippen molar-refractivity contribution in [1.82, 2.24) is 10.6 Å². The average Bonchev–Trinajstić information content (AvgIpc) is 2.45. The Labute approximate surface area is 126 Å². The predicted molar refractivity (Wildman–Crippen MR) is 81.3 cm³/mol. The van der Waals surface area contributed by atoms with Crippen molar-refractivity contribution in [3.8, 4) is 0 Å². The molecular formula is C16H24N2O3. The second-order valence-electron chi connectivity index (χ2n) is 5.79. The molecule has 0 aromatic heterocycles. The van der Waals surface area contributed by atoms with Gasteiger partial charge >= 0.3 is 0 Å². The van der Waals surface area contributed by atoms with E-state index in [4.69, 9.17) is 9.47 Å². The molecule has 0 spiro atoms. The molecule has 2 rings (SSSR count). The van der Waals surface area contributed by atoms with Crippen LogP contribution in [0.1, 0.15) is 29.8 Å². The highest BCUT2D eigenvalue weighted by atomic mass is 16.7. The molecule has 1 aromatic rings. The summed E-state index contributed by atoms with van der Waals surface area (Å²) in [6.45, 7) is 8.33. The lowest BCUT2D eigenvalue weighted by molar-refractivity contribution is -0.252.